The molecule has 4 heteroatoms. The number of rotatable bonds is 4. The van der Waals surface area contributed by atoms with E-state index in [1.807, 2.05) is 43.3 Å². The number of fused-ring (bicyclic) bond motifs is 1. The fourth-order valence-corrected chi connectivity index (χ4v) is 4.39. The number of halogens is 1. The number of ether oxygens (including phenoxy) is 1. The Hall–Kier alpha value is -1.56. The van der Waals surface area contributed by atoms with E-state index in [9.17, 15) is 4.79 Å². The molecule has 2 aromatic carbocycles. The van der Waals surface area contributed by atoms with Crippen LogP contribution < -0.4 is 10.1 Å². The summed E-state index contributed by atoms with van der Waals surface area (Å²) in [5, 5.41) is 3.25. The van der Waals surface area contributed by atoms with E-state index < -0.39 is 0 Å². The molecule has 1 atom stereocenters. The molecule has 0 saturated heterocycles. The molecule has 132 valence electrons. The average Bonchev–Trinajstić information content (AvgIpc) is 2.61. The van der Waals surface area contributed by atoms with Gasteiger partial charge in [-0.25, -0.2) is 0 Å². The standard InChI is InChI=1S/C21H24INO2/c1-4-21(5-2)13-18(16-8-6-7-9-19(16)25-21)23-20(24)15-11-10-14(3)12-17(15)22/h6-12,18H,4-5,13H2,1-3H3,(H,23,24). The molecule has 0 bridgehead atoms. The van der Waals surface area contributed by atoms with Gasteiger partial charge in [0.1, 0.15) is 11.4 Å². The Balaban J connectivity index is 1.91. The second-order valence-electron chi connectivity index (χ2n) is 6.74. The maximum atomic E-state index is 12.9. The molecule has 1 N–H and O–H groups in total. The first kappa shape index (κ1) is 18.2. The molecule has 0 spiro atoms. The van der Waals surface area contributed by atoms with Crippen LogP contribution in [0.2, 0.25) is 0 Å². The summed E-state index contributed by atoms with van der Waals surface area (Å²) in [6.45, 7) is 6.34. The number of hydrogen-bond acceptors (Lipinski definition) is 2. The molecular weight excluding hydrogens is 425 g/mol. The SMILES string of the molecule is CCC1(CC)CC(NC(=O)c2ccc(C)cc2I)c2ccccc2O1. The van der Waals surface area contributed by atoms with E-state index >= 15 is 0 Å². The maximum Gasteiger partial charge on any atom is 0.252 e. The zero-order chi connectivity index (χ0) is 18.0. The van der Waals surface area contributed by atoms with Gasteiger partial charge in [-0.3, -0.25) is 4.79 Å². The summed E-state index contributed by atoms with van der Waals surface area (Å²) in [6, 6.07) is 13.9. The lowest BCUT2D eigenvalue weighted by Gasteiger charge is -2.41. The molecule has 1 heterocycles. The van der Waals surface area contributed by atoms with Crippen molar-refractivity contribution in [2.75, 3.05) is 0 Å². The zero-order valence-corrected chi connectivity index (χ0v) is 17.1. The van der Waals surface area contributed by atoms with Crippen LogP contribution in [0.3, 0.4) is 0 Å². The monoisotopic (exact) mass is 449 g/mol. The molecule has 2 aromatic rings. The lowest BCUT2D eigenvalue weighted by Crippen LogP contribution is -2.44. The van der Waals surface area contributed by atoms with Crippen LogP contribution >= 0.6 is 22.6 Å². The molecule has 1 amide bonds. The van der Waals surface area contributed by atoms with Gasteiger partial charge >= 0.3 is 0 Å². The average molecular weight is 449 g/mol. The number of carbonyl (C=O) groups is 1. The molecule has 1 unspecified atom stereocenters. The quantitative estimate of drug-likeness (QED) is 0.634. The maximum absolute atomic E-state index is 12.9. The van der Waals surface area contributed by atoms with Crippen molar-refractivity contribution < 1.29 is 9.53 Å². The molecule has 1 aliphatic rings. The molecule has 3 rings (SSSR count). The molecule has 3 nitrogen and oxygen atoms in total. The van der Waals surface area contributed by atoms with E-state index in [0.29, 0.717) is 0 Å². The number of aryl methyl sites for hydroxylation is 1. The Kier molecular flexibility index (Phi) is 5.37. The largest absolute Gasteiger partial charge is 0.487 e. The van der Waals surface area contributed by atoms with Crippen molar-refractivity contribution in [1.29, 1.82) is 0 Å². The normalized spacial score (nSPS) is 18.2. The molecule has 0 saturated carbocycles. The van der Waals surface area contributed by atoms with Crippen molar-refractivity contribution in [1.82, 2.24) is 5.32 Å². The smallest absolute Gasteiger partial charge is 0.252 e. The number of nitrogens with one attached hydrogen (secondary N) is 1. The van der Waals surface area contributed by atoms with Crippen molar-refractivity contribution in [2.45, 2.75) is 51.7 Å². The van der Waals surface area contributed by atoms with E-state index in [0.717, 1.165) is 45.3 Å². The minimum Gasteiger partial charge on any atom is -0.487 e. The minimum absolute atomic E-state index is 0.0211. The highest BCUT2D eigenvalue weighted by molar-refractivity contribution is 14.1. The van der Waals surface area contributed by atoms with Crippen molar-refractivity contribution in [2.24, 2.45) is 0 Å². The van der Waals surface area contributed by atoms with Crippen LogP contribution in [0.1, 0.15) is 60.6 Å². The van der Waals surface area contributed by atoms with Crippen molar-refractivity contribution in [3.05, 3.63) is 62.7 Å². The number of para-hydroxylation sites is 1. The van der Waals surface area contributed by atoms with E-state index in [1.165, 1.54) is 0 Å². The van der Waals surface area contributed by atoms with Gasteiger partial charge in [0.05, 0.1) is 11.6 Å². The summed E-state index contributed by atoms with van der Waals surface area (Å²) >= 11 is 2.23. The van der Waals surface area contributed by atoms with Crippen molar-refractivity contribution in [3.63, 3.8) is 0 Å². The predicted octanol–water partition coefficient (Wildman–Crippen LogP) is 5.41. The Morgan fingerprint density at radius 3 is 2.64 bits per heavy atom. The molecule has 0 fully saturated rings. The fourth-order valence-electron chi connectivity index (χ4n) is 3.47. The first-order valence-corrected chi connectivity index (χ1v) is 9.91. The van der Waals surface area contributed by atoms with Crippen LogP contribution in [0.25, 0.3) is 0 Å². The van der Waals surface area contributed by atoms with Crippen LogP contribution in [-0.4, -0.2) is 11.5 Å². The van der Waals surface area contributed by atoms with Crippen LogP contribution in [0, 0.1) is 10.5 Å². The second-order valence-corrected chi connectivity index (χ2v) is 7.91. The topological polar surface area (TPSA) is 38.3 Å². The van der Waals surface area contributed by atoms with Gasteiger partial charge in [0.25, 0.3) is 5.91 Å². The van der Waals surface area contributed by atoms with Gasteiger partial charge in [-0.05, 0) is 60.6 Å². The molecule has 25 heavy (non-hydrogen) atoms. The molecule has 0 aromatic heterocycles. The van der Waals surface area contributed by atoms with Crippen LogP contribution in [-0.2, 0) is 0 Å². The zero-order valence-electron chi connectivity index (χ0n) is 14.9. The second kappa shape index (κ2) is 7.36. The third kappa shape index (κ3) is 3.68. The Morgan fingerprint density at radius 2 is 1.96 bits per heavy atom. The molecule has 0 radical (unpaired) electrons. The first-order valence-electron chi connectivity index (χ1n) is 8.83. The van der Waals surface area contributed by atoms with Crippen molar-refractivity contribution in [3.8, 4) is 5.75 Å². The summed E-state index contributed by atoms with van der Waals surface area (Å²) < 4.78 is 7.30. The van der Waals surface area contributed by atoms with E-state index in [2.05, 4.69) is 47.8 Å². The van der Waals surface area contributed by atoms with Gasteiger partial charge in [-0.1, -0.05) is 43.7 Å². The number of amides is 1. The molecular formula is C21H24INO2. The summed E-state index contributed by atoms with van der Waals surface area (Å²) in [4.78, 5) is 12.9. The van der Waals surface area contributed by atoms with Crippen LogP contribution in [0.5, 0.6) is 5.75 Å². The van der Waals surface area contributed by atoms with Gasteiger partial charge in [0, 0.05) is 15.6 Å². The van der Waals surface area contributed by atoms with Crippen LogP contribution in [0.4, 0.5) is 0 Å². The summed E-state index contributed by atoms with van der Waals surface area (Å²) in [6.07, 6.45) is 2.64. The Morgan fingerprint density at radius 1 is 1.24 bits per heavy atom. The molecule has 1 aliphatic heterocycles. The third-order valence-corrected chi connectivity index (χ3v) is 6.05. The first-order chi connectivity index (χ1) is 12.0. The van der Waals surface area contributed by atoms with E-state index in [-0.39, 0.29) is 17.6 Å². The van der Waals surface area contributed by atoms with Gasteiger partial charge in [0.15, 0.2) is 0 Å². The van der Waals surface area contributed by atoms with Gasteiger partial charge in [0.2, 0.25) is 0 Å². The van der Waals surface area contributed by atoms with Gasteiger partial charge in [-0.15, -0.1) is 0 Å². The lowest BCUT2D eigenvalue weighted by atomic mass is 9.83. The fraction of sp³-hybridized carbons (Fsp3) is 0.381. The van der Waals surface area contributed by atoms with Gasteiger partial charge < -0.3 is 10.1 Å². The lowest BCUT2D eigenvalue weighted by molar-refractivity contribution is 0.0227. The van der Waals surface area contributed by atoms with E-state index in [1.54, 1.807) is 0 Å². The third-order valence-electron chi connectivity index (χ3n) is 5.16. The molecule has 0 aliphatic carbocycles. The highest BCUT2D eigenvalue weighted by Gasteiger charge is 2.39. The minimum atomic E-state index is -0.216. The van der Waals surface area contributed by atoms with Gasteiger partial charge in [-0.2, -0.15) is 0 Å². The predicted molar refractivity (Wildman–Crippen MR) is 109 cm³/mol. The van der Waals surface area contributed by atoms with E-state index in [4.69, 9.17) is 4.74 Å². The number of hydrogen-bond donors (Lipinski definition) is 1. The van der Waals surface area contributed by atoms with Crippen molar-refractivity contribution >= 4 is 28.5 Å². The Bertz CT molecular complexity index is 783. The highest BCUT2D eigenvalue weighted by Crippen LogP contribution is 2.42. The summed E-state index contributed by atoms with van der Waals surface area (Å²) in [5.41, 5.74) is 2.74. The number of benzene rings is 2. The summed E-state index contributed by atoms with van der Waals surface area (Å²) in [7, 11) is 0. The highest BCUT2D eigenvalue weighted by atomic mass is 127. The summed E-state index contributed by atoms with van der Waals surface area (Å²) in [5.74, 6) is 0.869. The number of carbonyl (C=O) groups excluding carboxylic acids is 1. The Labute approximate surface area is 163 Å². The van der Waals surface area contributed by atoms with Crippen LogP contribution in [0.15, 0.2) is 42.5 Å².